The van der Waals surface area contributed by atoms with E-state index in [2.05, 4.69) is 15.2 Å². The molecule has 0 aliphatic carbocycles. The third-order valence-corrected chi connectivity index (χ3v) is 6.49. The van der Waals surface area contributed by atoms with Gasteiger partial charge in [0.1, 0.15) is 11.6 Å². The van der Waals surface area contributed by atoms with Gasteiger partial charge in [-0.25, -0.2) is 9.78 Å². The van der Waals surface area contributed by atoms with Crippen LogP contribution >= 0.6 is 0 Å². The Kier molecular flexibility index (Phi) is 7.45. The zero-order valence-corrected chi connectivity index (χ0v) is 19.2. The molecule has 2 amide bonds. The van der Waals surface area contributed by atoms with E-state index < -0.39 is 11.7 Å². The van der Waals surface area contributed by atoms with E-state index in [1.54, 1.807) is 12.0 Å². The lowest BCUT2D eigenvalue weighted by molar-refractivity contribution is -0.137. The van der Waals surface area contributed by atoms with Crippen molar-refractivity contribution < 1.29 is 22.7 Å². The summed E-state index contributed by atoms with van der Waals surface area (Å²) in [7, 11) is 1.64. The standard InChI is InChI=1S/C24H30F3N5O2/c1-34-20-7-4-18(5-8-20)21(30-10-2-3-11-30)17-29-23(33)32-14-12-31(13-15-32)22-9-6-19(16-28-22)24(25,26)27/h4-9,16,21H,2-3,10-15,17H2,1H3,(H,29,33)/t21-/m0/s1. The fourth-order valence-electron chi connectivity index (χ4n) is 4.51. The summed E-state index contributed by atoms with van der Waals surface area (Å²) < 4.78 is 43.5. The Hall–Kier alpha value is -3.01. The molecule has 2 aliphatic rings. The van der Waals surface area contributed by atoms with E-state index in [-0.39, 0.29) is 12.1 Å². The number of hydrogen-bond donors (Lipinski definition) is 1. The largest absolute Gasteiger partial charge is 0.497 e. The summed E-state index contributed by atoms with van der Waals surface area (Å²) in [5.41, 5.74) is 0.375. The Balaban J connectivity index is 1.31. The van der Waals surface area contributed by atoms with Crippen LogP contribution in [0.1, 0.15) is 30.0 Å². The zero-order valence-electron chi connectivity index (χ0n) is 19.2. The number of aromatic nitrogens is 1. The van der Waals surface area contributed by atoms with Crippen molar-refractivity contribution in [3.63, 3.8) is 0 Å². The topological polar surface area (TPSA) is 60.9 Å². The molecule has 0 saturated carbocycles. The molecule has 4 rings (SSSR count). The molecule has 34 heavy (non-hydrogen) atoms. The minimum atomic E-state index is -4.40. The molecule has 2 aromatic rings. The molecular formula is C24H30F3N5O2. The second kappa shape index (κ2) is 10.5. The van der Waals surface area contributed by atoms with Gasteiger partial charge in [-0.05, 0) is 55.8 Å². The Morgan fingerprint density at radius 1 is 1.03 bits per heavy atom. The number of carbonyl (C=O) groups excluding carboxylic acids is 1. The maximum Gasteiger partial charge on any atom is 0.417 e. The predicted octanol–water partition coefficient (Wildman–Crippen LogP) is 3.78. The number of piperazine rings is 1. The lowest BCUT2D eigenvalue weighted by Crippen LogP contribution is -2.53. The molecule has 3 heterocycles. The number of halogens is 3. The number of amides is 2. The van der Waals surface area contributed by atoms with E-state index in [9.17, 15) is 18.0 Å². The molecular weight excluding hydrogens is 447 g/mol. The maximum atomic E-state index is 12.9. The van der Waals surface area contributed by atoms with Crippen LogP contribution in [0, 0.1) is 0 Å². The number of benzene rings is 1. The molecule has 0 radical (unpaired) electrons. The molecule has 184 valence electrons. The number of nitrogens with one attached hydrogen (secondary N) is 1. The molecule has 1 aromatic heterocycles. The first kappa shape index (κ1) is 24.1. The summed E-state index contributed by atoms with van der Waals surface area (Å²) in [4.78, 5) is 22.9. The Labute approximate surface area is 197 Å². The fraction of sp³-hybridized carbons (Fsp3) is 0.500. The number of nitrogens with zero attached hydrogens (tertiary/aromatic N) is 4. The van der Waals surface area contributed by atoms with Crippen LogP contribution in [0.4, 0.5) is 23.8 Å². The third-order valence-electron chi connectivity index (χ3n) is 6.49. The van der Waals surface area contributed by atoms with Gasteiger partial charge in [-0.15, -0.1) is 0 Å². The van der Waals surface area contributed by atoms with Gasteiger partial charge in [0.2, 0.25) is 0 Å². The second-order valence-electron chi connectivity index (χ2n) is 8.60. The lowest BCUT2D eigenvalue weighted by Gasteiger charge is -2.36. The summed E-state index contributed by atoms with van der Waals surface area (Å²) >= 11 is 0. The van der Waals surface area contributed by atoms with Gasteiger partial charge in [0.15, 0.2) is 0 Å². The van der Waals surface area contributed by atoms with Gasteiger partial charge in [-0.1, -0.05) is 12.1 Å². The molecule has 2 aliphatic heterocycles. The van der Waals surface area contributed by atoms with E-state index in [1.807, 2.05) is 29.2 Å². The molecule has 0 unspecified atom stereocenters. The van der Waals surface area contributed by atoms with Crippen LogP contribution in [0.5, 0.6) is 5.75 Å². The summed E-state index contributed by atoms with van der Waals surface area (Å²) in [6.45, 7) is 4.50. The minimum Gasteiger partial charge on any atom is -0.497 e. The average molecular weight is 478 g/mol. The quantitative estimate of drug-likeness (QED) is 0.686. The van der Waals surface area contributed by atoms with Gasteiger partial charge in [-0.2, -0.15) is 13.2 Å². The SMILES string of the molecule is COc1ccc([C@H](CNC(=O)N2CCN(c3ccc(C(F)(F)F)cn3)CC2)N2CCCC2)cc1. The number of anilines is 1. The van der Waals surface area contributed by atoms with Crippen LogP contribution in [0.25, 0.3) is 0 Å². The van der Waals surface area contributed by atoms with Crippen LogP contribution in [-0.4, -0.2) is 73.7 Å². The van der Waals surface area contributed by atoms with Crippen LogP contribution in [0.3, 0.4) is 0 Å². The molecule has 1 atom stereocenters. The molecule has 1 aromatic carbocycles. The number of hydrogen-bond acceptors (Lipinski definition) is 5. The van der Waals surface area contributed by atoms with E-state index in [0.29, 0.717) is 38.5 Å². The molecule has 1 N–H and O–H groups in total. The summed E-state index contributed by atoms with van der Waals surface area (Å²) in [6.07, 6.45) is -1.24. The minimum absolute atomic E-state index is 0.0926. The first-order valence-electron chi connectivity index (χ1n) is 11.5. The molecule has 2 saturated heterocycles. The third kappa shape index (κ3) is 5.72. The summed E-state index contributed by atoms with van der Waals surface area (Å²) in [6, 6.07) is 10.4. The highest BCUT2D eigenvalue weighted by molar-refractivity contribution is 5.74. The van der Waals surface area contributed by atoms with E-state index in [0.717, 1.165) is 49.5 Å². The Morgan fingerprint density at radius 2 is 1.71 bits per heavy atom. The number of rotatable bonds is 6. The molecule has 2 fully saturated rings. The van der Waals surface area contributed by atoms with Gasteiger partial charge in [0.05, 0.1) is 18.7 Å². The first-order valence-corrected chi connectivity index (χ1v) is 11.5. The van der Waals surface area contributed by atoms with Crippen LogP contribution in [-0.2, 0) is 6.18 Å². The lowest BCUT2D eigenvalue weighted by atomic mass is 10.1. The smallest absolute Gasteiger partial charge is 0.417 e. The van der Waals surface area contributed by atoms with Crippen molar-refractivity contribution in [1.82, 2.24) is 20.1 Å². The number of ether oxygens (including phenoxy) is 1. The van der Waals surface area contributed by atoms with E-state index >= 15 is 0 Å². The number of likely N-dealkylation sites (tertiary alicyclic amines) is 1. The molecule has 0 spiro atoms. The van der Waals surface area contributed by atoms with E-state index in [4.69, 9.17) is 4.74 Å². The van der Waals surface area contributed by atoms with E-state index in [1.165, 1.54) is 6.07 Å². The van der Waals surface area contributed by atoms with Gasteiger partial charge in [0.25, 0.3) is 0 Å². The fourth-order valence-corrected chi connectivity index (χ4v) is 4.51. The van der Waals surface area contributed by atoms with Gasteiger partial charge < -0.3 is 19.9 Å². The maximum absolute atomic E-state index is 12.9. The Morgan fingerprint density at radius 3 is 2.26 bits per heavy atom. The highest BCUT2D eigenvalue weighted by atomic mass is 19.4. The van der Waals surface area contributed by atoms with Crippen molar-refractivity contribution in [3.05, 3.63) is 53.7 Å². The molecule has 7 nitrogen and oxygen atoms in total. The van der Waals surface area contributed by atoms with Crippen molar-refractivity contribution in [2.45, 2.75) is 25.1 Å². The number of urea groups is 1. The summed E-state index contributed by atoms with van der Waals surface area (Å²) in [5.74, 6) is 1.29. The summed E-state index contributed by atoms with van der Waals surface area (Å²) in [5, 5.41) is 3.09. The van der Waals surface area contributed by atoms with Gasteiger partial charge >= 0.3 is 12.2 Å². The number of alkyl halides is 3. The average Bonchev–Trinajstić information content (AvgIpc) is 3.39. The van der Waals surface area contributed by atoms with Crippen molar-refractivity contribution in [1.29, 1.82) is 0 Å². The monoisotopic (exact) mass is 477 g/mol. The van der Waals surface area contributed by atoms with Crippen molar-refractivity contribution in [2.24, 2.45) is 0 Å². The van der Waals surface area contributed by atoms with Crippen LogP contribution in [0.2, 0.25) is 0 Å². The first-order chi connectivity index (χ1) is 16.3. The molecule has 0 bridgehead atoms. The normalized spacial score (nSPS) is 18.1. The van der Waals surface area contributed by atoms with Gasteiger partial charge in [-0.3, -0.25) is 4.90 Å². The highest BCUT2D eigenvalue weighted by Crippen LogP contribution is 2.30. The van der Waals surface area contributed by atoms with Crippen LogP contribution in [0.15, 0.2) is 42.6 Å². The number of methoxy groups -OCH3 is 1. The number of pyridine rings is 1. The molecule has 10 heteroatoms. The highest BCUT2D eigenvalue weighted by Gasteiger charge is 2.31. The van der Waals surface area contributed by atoms with Crippen molar-refractivity contribution >= 4 is 11.8 Å². The predicted molar refractivity (Wildman–Crippen MR) is 123 cm³/mol. The second-order valence-corrected chi connectivity index (χ2v) is 8.60. The van der Waals surface area contributed by atoms with Crippen molar-refractivity contribution in [3.8, 4) is 5.75 Å². The zero-order chi connectivity index (χ0) is 24.1. The van der Waals surface area contributed by atoms with Crippen molar-refractivity contribution in [2.75, 3.05) is 57.8 Å². The number of carbonyl (C=O) groups is 1. The Bertz CT molecular complexity index is 939. The van der Waals surface area contributed by atoms with Gasteiger partial charge in [0, 0.05) is 38.9 Å². The van der Waals surface area contributed by atoms with Crippen LogP contribution < -0.4 is 15.0 Å².